The van der Waals surface area contributed by atoms with Gasteiger partial charge in [0.25, 0.3) is 0 Å². The maximum absolute atomic E-state index is 13.7. The quantitative estimate of drug-likeness (QED) is 0.932. The molecule has 0 saturated carbocycles. The third kappa shape index (κ3) is 3.11. The molecule has 102 valence electrons. The molecule has 1 unspecified atom stereocenters. The molecular weight excluding hydrogens is 262 g/mol. The SMILES string of the molecule is N#Cc1ccc(OC(CN)c2ccc(F)cc2)c(F)c1. The Morgan fingerprint density at radius 2 is 1.85 bits per heavy atom. The molecule has 0 fully saturated rings. The highest BCUT2D eigenvalue weighted by Crippen LogP contribution is 2.25. The number of hydrogen-bond acceptors (Lipinski definition) is 3. The highest BCUT2D eigenvalue weighted by Gasteiger charge is 2.14. The average molecular weight is 274 g/mol. The molecule has 3 nitrogen and oxygen atoms in total. The third-order valence-corrected chi connectivity index (χ3v) is 2.79. The van der Waals surface area contributed by atoms with E-state index in [4.69, 9.17) is 15.7 Å². The summed E-state index contributed by atoms with van der Waals surface area (Å²) in [5.74, 6) is -0.998. The Hall–Kier alpha value is -2.45. The number of ether oxygens (including phenoxy) is 1. The lowest BCUT2D eigenvalue weighted by atomic mass is 10.1. The molecule has 0 aliphatic heterocycles. The minimum Gasteiger partial charge on any atom is -0.481 e. The second kappa shape index (κ2) is 6.13. The van der Waals surface area contributed by atoms with Crippen LogP contribution in [0.5, 0.6) is 5.75 Å². The van der Waals surface area contributed by atoms with Gasteiger partial charge in [0.1, 0.15) is 11.9 Å². The first-order chi connectivity index (χ1) is 9.63. The summed E-state index contributed by atoms with van der Waals surface area (Å²) in [6.07, 6.45) is -0.585. The smallest absolute Gasteiger partial charge is 0.166 e. The van der Waals surface area contributed by atoms with Gasteiger partial charge in [-0.1, -0.05) is 12.1 Å². The van der Waals surface area contributed by atoms with Crippen LogP contribution in [0.4, 0.5) is 8.78 Å². The maximum Gasteiger partial charge on any atom is 0.166 e. The minimum atomic E-state index is -0.635. The number of nitriles is 1. The Kier molecular flexibility index (Phi) is 4.28. The zero-order valence-electron chi connectivity index (χ0n) is 10.5. The third-order valence-electron chi connectivity index (χ3n) is 2.79. The van der Waals surface area contributed by atoms with Gasteiger partial charge in [0.2, 0.25) is 0 Å². The predicted octanol–water partition coefficient (Wildman–Crippen LogP) is 2.92. The fraction of sp³-hybridized carbons (Fsp3) is 0.133. The predicted molar refractivity (Wildman–Crippen MR) is 69.9 cm³/mol. The van der Waals surface area contributed by atoms with Crippen molar-refractivity contribution in [3.8, 4) is 11.8 Å². The van der Waals surface area contributed by atoms with E-state index in [1.807, 2.05) is 6.07 Å². The van der Waals surface area contributed by atoms with Gasteiger partial charge in [0, 0.05) is 6.54 Å². The normalized spacial score (nSPS) is 11.7. The van der Waals surface area contributed by atoms with Crippen molar-refractivity contribution < 1.29 is 13.5 Å². The molecule has 0 radical (unpaired) electrons. The van der Waals surface area contributed by atoms with E-state index in [-0.39, 0.29) is 23.7 Å². The summed E-state index contributed by atoms with van der Waals surface area (Å²) in [4.78, 5) is 0. The van der Waals surface area contributed by atoms with Crippen LogP contribution in [0.2, 0.25) is 0 Å². The standard InChI is InChI=1S/C15H12F2N2O/c16-12-4-2-11(3-5-12)15(9-19)20-14-6-1-10(8-18)7-13(14)17/h1-7,15H,9,19H2. The summed E-state index contributed by atoms with van der Waals surface area (Å²) in [5, 5.41) is 8.67. The van der Waals surface area contributed by atoms with E-state index in [1.165, 1.54) is 36.4 Å². The van der Waals surface area contributed by atoms with Gasteiger partial charge in [0.15, 0.2) is 11.6 Å². The van der Waals surface area contributed by atoms with Crippen molar-refractivity contribution in [2.24, 2.45) is 5.73 Å². The van der Waals surface area contributed by atoms with Crippen LogP contribution in [0, 0.1) is 23.0 Å². The van der Waals surface area contributed by atoms with Gasteiger partial charge in [-0.15, -0.1) is 0 Å². The lowest BCUT2D eigenvalue weighted by molar-refractivity contribution is 0.204. The van der Waals surface area contributed by atoms with Crippen molar-refractivity contribution in [2.75, 3.05) is 6.54 Å². The van der Waals surface area contributed by atoms with Crippen LogP contribution >= 0.6 is 0 Å². The van der Waals surface area contributed by atoms with Crippen molar-refractivity contribution in [1.29, 1.82) is 5.26 Å². The molecule has 0 aliphatic carbocycles. The molecule has 0 spiro atoms. The lowest BCUT2D eigenvalue weighted by Gasteiger charge is -2.18. The van der Waals surface area contributed by atoms with Crippen LogP contribution in [0.1, 0.15) is 17.2 Å². The molecular formula is C15H12F2N2O. The van der Waals surface area contributed by atoms with Crippen molar-refractivity contribution in [1.82, 2.24) is 0 Å². The van der Waals surface area contributed by atoms with E-state index in [1.54, 1.807) is 0 Å². The highest BCUT2D eigenvalue weighted by atomic mass is 19.1. The molecule has 0 bridgehead atoms. The number of halogens is 2. The number of benzene rings is 2. The van der Waals surface area contributed by atoms with Crippen LogP contribution in [0.15, 0.2) is 42.5 Å². The summed E-state index contributed by atoms with van der Waals surface area (Å²) in [5.41, 5.74) is 6.46. The minimum absolute atomic E-state index is 0.00350. The molecule has 0 aromatic heterocycles. The van der Waals surface area contributed by atoms with Crippen LogP contribution in [-0.2, 0) is 0 Å². The zero-order valence-corrected chi connectivity index (χ0v) is 10.5. The molecule has 5 heteroatoms. The molecule has 2 aromatic rings. The molecule has 0 aliphatic rings. The Labute approximate surface area is 115 Å². The van der Waals surface area contributed by atoms with Gasteiger partial charge in [-0.05, 0) is 35.9 Å². The Morgan fingerprint density at radius 1 is 1.15 bits per heavy atom. The molecule has 20 heavy (non-hydrogen) atoms. The van der Waals surface area contributed by atoms with E-state index < -0.39 is 11.9 Å². The van der Waals surface area contributed by atoms with Crippen LogP contribution in [0.3, 0.4) is 0 Å². The van der Waals surface area contributed by atoms with Crippen molar-refractivity contribution in [3.63, 3.8) is 0 Å². The van der Waals surface area contributed by atoms with Gasteiger partial charge >= 0.3 is 0 Å². The van der Waals surface area contributed by atoms with E-state index in [0.717, 1.165) is 6.07 Å². The fourth-order valence-electron chi connectivity index (χ4n) is 1.75. The second-order valence-electron chi connectivity index (χ2n) is 4.15. The summed E-state index contributed by atoms with van der Waals surface area (Å²) in [6.45, 7) is 0.116. The first-order valence-corrected chi connectivity index (χ1v) is 5.96. The molecule has 0 heterocycles. The maximum atomic E-state index is 13.7. The number of nitrogens with zero attached hydrogens (tertiary/aromatic N) is 1. The first-order valence-electron chi connectivity index (χ1n) is 5.96. The highest BCUT2D eigenvalue weighted by molar-refractivity contribution is 5.36. The van der Waals surface area contributed by atoms with Crippen molar-refractivity contribution in [3.05, 3.63) is 65.2 Å². The Bertz CT molecular complexity index is 635. The van der Waals surface area contributed by atoms with Crippen molar-refractivity contribution >= 4 is 0 Å². The molecule has 0 saturated heterocycles. The van der Waals surface area contributed by atoms with Gasteiger partial charge in [-0.3, -0.25) is 0 Å². The van der Waals surface area contributed by atoms with Crippen LogP contribution in [-0.4, -0.2) is 6.54 Å². The van der Waals surface area contributed by atoms with Gasteiger partial charge in [0.05, 0.1) is 11.6 Å². The van der Waals surface area contributed by atoms with E-state index in [2.05, 4.69) is 0 Å². The van der Waals surface area contributed by atoms with Gasteiger partial charge < -0.3 is 10.5 Å². The summed E-state index contributed by atoms with van der Waals surface area (Å²) in [7, 11) is 0. The number of hydrogen-bond donors (Lipinski definition) is 1. The van der Waals surface area contributed by atoms with E-state index >= 15 is 0 Å². The zero-order chi connectivity index (χ0) is 14.5. The topological polar surface area (TPSA) is 59.0 Å². The van der Waals surface area contributed by atoms with E-state index in [9.17, 15) is 8.78 Å². The summed E-state index contributed by atoms with van der Waals surface area (Å²) in [6, 6.07) is 11.4. The molecule has 2 N–H and O–H groups in total. The fourth-order valence-corrected chi connectivity index (χ4v) is 1.75. The number of rotatable bonds is 4. The monoisotopic (exact) mass is 274 g/mol. The van der Waals surface area contributed by atoms with Crippen LogP contribution < -0.4 is 10.5 Å². The molecule has 2 aromatic carbocycles. The molecule has 1 atom stereocenters. The largest absolute Gasteiger partial charge is 0.481 e. The van der Waals surface area contributed by atoms with Gasteiger partial charge in [-0.2, -0.15) is 5.26 Å². The molecule has 2 rings (SSSR count). The van der Waals surface area contributed by atoms with Crippen LogP contribution in [0.25, 0.3) is 0 Å². The first kappa shape index (κ1) is 14.0. The number of nitrogens with two attached hydrogens (primary N) is 1. The average Bonchev–Trinajstić information content (AvgIpc) is 2.47. The lowest BCUT2D eigenvalue weighted by Crippen LogP contribution is -2.19. The summed E-state index contributed by atoms with van der Waals surface area (Å²) < 4.78 is 32.1. The second-order valence-corrected chi connectivity index (χ2v) is 4.15. The van der Waals surface area contributed by atoms with E-state index in [0.29, 0.717) is 5.56 Å². The summed E-state index contributed by atoms with van der Waals surface area (Å²) >= 11 is 0. The Balaban J connectivity index is 2.22. The van der Waals surface area contributed by atoms with Gasteiger partial charge in [-0.25, -0.2) is 8.78 Å². The Morgan fingerprint density at radius 3 is 2.40 bits per heavy atom. The van der Waals surface area contributed by atoms with Crippen molar-refractivity contribution in [2.45, 2.75) is 6.10 Å². The molecule has 0 amide bonds.